The Balaban J connectivity index is 2.29. The molecule has 1 aliphatic carbocycles. The summed E-state index contributed by atoms with van der Waals surface area (Å²) < 4.78 is 0. The van der Waals surface area contributed by atoms with Crippen LogP contribution in [0.1, 0.15) is 17.2 Å². The minimum Gasteiger partial charge on any atom is -0.386 e. The molecule has 2 aromatic rings. The van der Waals surface area contributed by atoms with Gasteiger partial charge in [0.05, 0.1) is 0 Å². The van der Waals surface area contributed by atoms with Crippen molar-refractivity contribution in [3.63, 3.8) is 0 Å². The highest BCUT2D eigenvalue weighted by molar-refractivity contribution is 5.86. The lowest BCUT2D eigenvalue weighted by Crippen LogP contribution is -2.19. The third-order valence-electron chi connectivity index (χ3n) is 3.07. The molecule has 0 fully saturated rings. The molecule has 80 valence electrons. The maximum atomic E-state index is 9.89. The summed E-state index contributed by atoms with van der Waals surface area (Å²) in [5.41, 5.74) is 1.78. The maximum absolute atomic E-state index is 9.89. The van der Waals surface area contributed by atoms with Crippen LogP contribution >= 0.6 is 0 Å². The summed E-state index contributed by atoms with van der Waals surface area (Å²) in [5, 5.41) is 21.7. The predicted molar refractivity (Wildman–Crippen MR) is 63.9 cm³/mol. The van der Waals surface area contributed by atoms with Crippen LogP contribution in [0.25, 0.3) is 16.8 Å². The zero-order valence-electron chi connectivity index (χ0n) is 8.67. The lowest BCUT2D eigenvalue weighted by molar-refractivity contribution is 0.0471. The second-order valence-electron chi connectivity index (χ2n) is 4.12. The van der Waals surface area contributed by atoms with Gasteiger partial charge in [-0.1, -0.05) is 36.4 Å². The van der Waals surface area contributed by atoms with Gasteiger partial charge in [0.25, 0.3) is 0 Å². The van der Waals surface area contributed by atoms with Crippen LogP contribution in [0.3, 0.4) is 0 Å². The third-order valence-corrected chi connectivity index (χ3v) is 3.07. The van der Waals surface area contributed by atoms with Crippen LogP contribution in [0.15, 0.2) is 42.5 Å². The summed E-state index contributed by atoms with van der Waals surface area (Å²) in [5.74, 6) is 0. The zero-order chi connectivity index (χ0) is 11.1. The van der Waals surface area contributed by atoms with Crippen molar-refractivity contribution in [2.75, 3.05) is 0 Å². The number of hydrogen-bond acceptors (Lipinski definition) is 2. The summed E-state index contributed by atoms with van der Waals surface area (Å²) in [4.78, 5) is 0. The average molecular weight is 212 g/mol. The number of benzene rings is 2. The summed E-state index contributed by atoms with van der Waals surface area (Å²) in [6.45, 7) is 0. The summed E-state index contributed by atoms with van der Waals surface area (Å²) in [6, 6.07) is 12.0. The van der Waals surface area contributed by atoms with Crippen LogP contribution in [0.5, 0.6) is 0 Å². The van der Waals surface area contributed by atoms with Crippen molar-refractivity contribution in [3.05, 3.63) is 53.6 Å². The van der Waals surface area contributed by atoms with Crippen molar-refractivity contribution < 1.29 is 10.2 Å². The molecular formula is C14H12O2. The largest absolute Gasteiger partial charge is 0.386 e. The normalized spacial score (nSPS) is 23.4. The van der Waals surface area contributed by atoms with Crippen LogP contribution in [-0.4, -0.2) is 16.3 Å². The van der Waals surface area contributed by atoms with Gasteiger partial charge in [-0.25, -0.2) is 0 Å². The molecule has 0 bridgehead atoms. The van der Waals surface area contributed by atoms with Crippen molar-refractivity contribution in [1.29, 1.82) is 0 Å². The first-order valence-corrected chi connectivity index (χ1v) is 5.33. The van der Waals surface area contributed by atoms with Crippen LogP contribution in [0.4, 0.5) is 0 Å². The van der Waals surface area contributed by atoms with Gasteiger partial charge < -0.3 is 10.2 Å². The molecule has 1 aliphatic rings. The number of rotatable bonds is 0. The Bertz CT molecular complexity index is 572. The number of fused-ring (bicyclic) bond motifs is 2. The second kappa shape index (κ2) is 3.44. The SMILES string of the molecule is O[C@@H]1c2cc3ccccc3cc2C=C[C@@H]1O. The van der Waals surface area contributed by atoms with Gasteiger partial charge in [0.15, 0.2) is 0 Å². The van der Waals surface area contributed by atoms with Gasteiger partial charge in [-0.05, 0) is 34.0 Å². The fourth-order valence-corrected chi connectivity index (χ4v) is 2.17. The first kappa shape index (κ1) is 9.58. The standard InChI is InChI=1S/C14H12O2/c15-13-6-5-11-7-9-3-1-2-4-10(9)8-12(11)14(13)16/h1-8,13-16H/t13-,14+/m0/s1. The van der Waals surface area contributed by atoms with E-state index in [1.807, 2.05) is 42.5 Å². The van der Waals surface area contributed by atoms with Crippen molar-refractivity contribution in [2.24, 2.45) is 0 Å². The van der Waals surface area contributed by atoms with Gasteiger partial charge in [0.1, 0.15) is 12.2 Å². The molecule has 2 aromatic carbocycles. The lowest BCUT2D eigenvalue weighted by atomic mass is 9.90. The van der Waals surface area contributed by atoms with E-state index in [-0.39, 0.29) is 0 Å². The third kappa shape index (κ3) is 1.35. The Morgan fingerprint density at radius 2 is 1.62 bits per heavy atom. The molecule has 0 aromatic heterocycles. The quantitative estimate of drug-likeness (QED) is 0.703. The van der Waals surface area contributed by atoms with E-state index in [1.165, 1.54) is 0 Å². The fraction of sp³-hybridized carbons (Fsp3) is 0.143. The van der Waals surface area contributed by atoms with E-state index >= 15 is 0 Å². The molecule has 16 heavy (non-hydrogen) atoms. The van der Waals surface area contributed by atoms with E-state index in [0.717, 1.165) is 21.9 Å². The van der Waals surface area contributed by atoms with Gasteiger partial charge in [-0.2, -0.15) is 0 Å². The molecule has 2 heteroatoms. The Kier molecular flexibility index (Phi) is 2.06. The van der Waals surface area contributed by atoms with Crippen molar-refractivity contribution in [2.45, 2.75) is 12.2 Å². The first-order chi connectivity index (χ1) is 7.75. The van der Waals surface area contributed by atoms with Gasteiger partial charge in [-0.15, -0.1) is 0 Å². The molecule has 0 amide bonds. The van der Waals surface area contributed by atoms with Crippen LogP contribution in [0, 0.1) is 0 Å². The monoisotopic (exact) mass is 212 g/mol. The molecule has 0 unspecified atom stereocenters. The molecule has 0 radical (unpaired) electrons. The van der Waals surface area contributed by atoms with E-state index in [9.17, 15) is 10.2 Å². The summed E-state index contributed by atoms with van der Waals surface area (Å²) in [6.07, 6.45) is 1.87. The molecule has 0 saturated carbocycles. The molecule has 2 N–H and O–H groups in total. The van der Waals surface area contributed by atoms with E-state index < -0.39 is 12.2 Å². The van der Waals surface area contributed by atoms with E-state index in [0.29, 0.717) is 0 Å². The zero-order valence-corrected chi connectivity index (χ0v) is 8.67. The van der Waals surface area contributed by atoms with Gasteiger partial charge >= 0.3 is 0 Å². The smallest absolute Gasteiger partial charge is 0.109 e. The molecule has 0 spiro atoms. The molecule has 3 rings (SSSR count). The summed E-state index contributed by atoms with van der Waals surface area (Å²) in [7, 11) is 0. The second-order valence-corrected chi connectivity index (χ2v) is 4.12. The Hall–Kier alpha value is -1.64. The molecular weight excluding hydrogens is 200 g/mol. The maximum Gasteiger partial charge on any atom is 0.109 e. The highest BCUT2D eigenvalue weighted by Crippen LogP contribution is 2.31. The van der Waals surface area contributed by atoms with Gasteiger partial charge in [-0.3, -0.25) is 0 Å². The minimum absolute atomic E-state index is 0.798. The summed E-state index contributed by atoms with van der Waals surface area (Å²) >= 11 is 0. The van der Waals surface area contributed by atoms with Crippen molar-refractivity contribution in [3.8, 4) is 0 Å². The highest BCUT2D eigenvalue weighted by atomic mass is 16.3. The van der Waals surface area contributed by atoms with E-state index in [2.05, 4.69) is 0 Å². The molecule has 0 heterocycles. The molecule has 0 aliphatic heterocycles. The number of aliphatic hydroxyl groups excluding tert-OH is 2. The topological polar surface area (TPSA) is 40.5 Å². The Morgan fingerprint density at radius 1 is 0.938 bits per heavy atom. The van der Waals surface area contributed by atoms with Crippen molar-refractivity contribution in [1.82, 2.24) is 0 Å². The molecule has 0 saturated heterocycles. The van der Waals surface area contributed by atoms with Crippen molar-refractivity contribution >= 4 is 16.8 Å². The van der Waals surface area contributed by atoms with Gasteiger partial charge in [0, 0.05) is 0 Å². The lowest BCUT2D eigenvalue weighted by Gasteiger charge is -2.22. The number of hydrogen-bond donors (Lipinski definition) is 2. The predicted octanol–water partition coefficient (Wildman–Crippen LogP) is 2.26. The molecule has 2 atom stereocenters. The first-order valence-electron chi connectivity index (χ1n) is 5.33. The van der Waals surface area contributed by atoms with Crippen LogP contribution in [0.2, 0.25) is 0 Å². The molecule has 2 nitrogen and oxygen atoms in total. The Morgan fingerprint density at radius 3 is 2.38 bits per heavy atom. The minimum atomic E-state index is -0.815. The highest BCUT2D eigenvalue weighted by Gasteiger charge is 2.22. The van der Waals surface area contributed by atoms with Gasteiger partial charge in [0.2, 0.25) is 0 Å². The van der Waals surface area contributed by atoms with E-state index in [1.54, 1.807) is 6.08 Å². The van der Waals surface area contributed by atoms with E-state index in [4.69, 9.17) is 0 Å². The average Bonchev–Trinajstić information content (AvgIpc) is 2.32. The van der Waals surface area contributed by atoms with Crippen LogP contribution < -0.4 is 0 Å². The number of aliphatic hydroxyl groups is 2. The fourth-order valence-electron chi connectivity index (χ4n) is 2.17. The Labute approximate surface area is 93.5 Å². The van der Waals surface area contributed by atoms with Crippen LogP contribution in [-0.2, 0) is 0 Å².